The van der Waals surface area contributed by atoms with Crippen LogP contribution >= 0.6 is 0 Å². The van der Waals surface area contributed by atoms with Gasteiger partial charge in [-0.1, -0.05) is 0 Å². The van der Waals surface area contributed by atoms with E-state index in [1.54, 1.807) is 0 Å². The molecule has 0 radical (unpaired) electrons. The van der Waals surface area contributed by atoms with E-state index < -0.39 is 21.3 Å². The standard InChI is InChI=1S/C4H7F3O3S/c1-2-10-3-11(8,9)4(5,6)7/h2-3H2,1H3. The maximum absolute atomic E-state index is 11.5. The fourth-order valence-electron chi connectivity index (χ4n) is 0.260. The summed E-state index contributed by atoms with van der Waals surface area (Å²) in [5.41, 5.74) is -5.21. The van der Waals surface area contributed by atoms with Crippen LogP contribution in [0, 0.1) is 0 Å². The average molecular weight is 192 g/mol. The fraction of sp³-hybridized carbons (Fsp3) is 1.00. The molecule has 0 aromatic carbocycles. The van der Waals surface area contributed by atoms with Crippen LogP contribution in [-0.2, 0) is 14.6 Å². The molecule has 0 unspecified atom stereocenters. The zero-order valence-electron chi connectivity index (χ0n) is 5.68. The number of hydrogen-bond donors (Lipinski definition) is 0. The first-order valence-electron chi connectivity index (χ1n) is 2.68. The van der Waals surface area contributed by atoms with Gasteiger partial charge in [-0.15, -0.1) is 0 Å². The number of sulfone groups is 1. The van der Waals surface area contributed by atoms with Crippen molar-refractivity contribution in [3.63, 3.8) is 0 Å². The van der Waals surface area contributed by atoms with Crippen molar-refractivity contribution in [2.75, 3.05) is 12.5 Å². The molecule has 0 amide bonds. The molecule has 0 saturated heterocycles. The van der Waals surface area contributed by atoms with Crippen molar-refractivity contribution in [3.05, 3.63) is 0 Å². The van der Waals surface area contributed by atoms with Gasteiger partial charge in [0.15, 0.2) is 5.94 Å². The summed E-state index contributed by atoms with van der Waals surface area (Å²) in [6, 6.07) is 0. The molecule has 68 valence electrons. The molecule has 0 aromatic heterocycles. The molecule has 11 heavy (non-hydrogen) atoms. The minimum atomic E-state index is -5.21. The Morgan fingerprint density at radius 2 is 1.82 bits per heavy atom. The number of alkyl halides is 3. The highest BCUT2D eigenvalue weighted by molar-refractivity contribution is 7.92. The summed E-state index contributed by atoms with van der Waals surface area (Å²) >= 11 is 0. The van der Waals surface area contributed by atoms with Crippen molar-refractivity contribution in [3.8, 4) is 0 Å². The Bertz CT molecular complexity index is 205. The zero-order chi connectivity index (χ0) is 9.12. The van der Waals surface area contributed by atoms with Gasteiger partial charge in [-0.05, 0) is 6.92 Å². The summed E-state index contributed by atoms with van der Waals surface area (Å²) in [4.78, 5) is 0. The van der Waals surface area contributed by atoms with Crippen LogP contribution in [0.3, 0.4) is 0 Å². The Kier molecular flexibility index (Phi) is 3.30. The van der Waals surface area contributed by atoms with E-state index >= 15 is 0 Å². The van der Waals surface area contributed by atoms with E-state index in [2.05, 4.69) is 4.74 Å². The molecule has 0 heterocycles. The van der Waals surface area contributed by atoms with Crippen LogP contribution in [0.1, 0.15) is 6.92 Å². The van der Waals surface area contributed by atoms with Crippen molar-refractivity contribution >= 4 is 9.84 Å². The normalized spacial score (nSPS) is 13.5. The van der Waals surface area contributed by atoms with Crippen molar-refractivity contribution in [1.29, 1.82) is 0 Å². The van der Waals surface area contributed by atoms with Crippen molar-refractivity contribution in [1.82, 2.24) is 0 Å². The Labute approximate surface area is 62.1 Å². The number of hydrogen-bond acceptors (Lipinski definition) is 3. The molecule has 0 atom stereocenters. The molecule has 0 fully saturated rings. The van der Waals surface area contributed by atoms with E-state index in [9.17, 15) is 21.6 Å². The predicted octanol–water partition coefficient (Wildman–Crippen LogP) is 0.915. The summed E-state index contributed by atoms with van der Waals surface area (Å²) in [6.45, 7) is 1.35. The number of rotatable bonds is 3. The van der Waals surface area contributed by atoms with Crippen LogP contribution in [0.2, 0.25) is 0 Å². The molecule has 3 nitrogen and oxygen atoms in total. The third-order valence-corrected chi connectivity index (χ3v) is 1.98. The Balaban J connectivity index is 4.26. The summed E-state index contributed by atoms with van der Waals surface area (Å²) in [5, 5.41) is 0. The van der Waals surface area contributed by atoms with E-state index in [1.807, 2.05) is 0 Å². The van der Waals surface area contributed by atoms with Gasteiger partial charge in [0.05, 0.1) is 0 Å². The third-order valence-electron chi connectivity index (χ3n) is 0.795. The molecule has 0 N–H and O–H groups in total. The molecule has 0 spiro atoms. The quantitative estimate of drug-likeness (QED) is 0.667. The Morgan fingerprint density at radius 1 is 1.36 bits per heavy atom. The summed E-state index contributed by atoms with van der Waals surface area (Å²) in [6.07, 6.45) is 0. The van der Waals surface area contributed by atoms with Gasteiger partial charge >= 0.3 is 5.51 Å². The SMILES string of the molecule is CCOCS(=O)(=O)C(F)(F)F. The van der Waals surface area contributed by atoms with Gasteiger partial charge in [0.2, 0.25) is 0 Å². The number of halogens is 3. The molecule has 0 aromatic rings. The highest BCUT2D eigenvalue weighted by atomic mass is 32.2. The molecule has 0 saturated carbocycles. The minimum absolute atomic E-state index is 0.0602. The topological polar surface area (TPSA) is 43.4 Å². The van der Waals surface area contributed by atoms with Gasteiger partial charge in [0.1, 0.15) is 0 Å². The highest BCUT2D eigenvalue weighted by Crippen LogP contribution is 2.23. The largest absolute Gasteiger partial charge is 0.499 e. The molecule has 0 aliphatic heterocycles. The van der Waals surface area contributed by atoms with Gasteiger partial charge in [-0.25, -0.2) is 8.42 Å². The van der Waals surface area contributed by atoms with E-state index in [1.165, 1.54) is 6.92 Å². The summed E-state index contributed by atoms with van der Waals surface area (Å²) in [7, 11) is -5.08. The van der Waals surface area contributed by atoms with E-state index in [4.69, 9.17) is 0 Å². The Hall–Kier alpha value is -0.300. The molecule has 0 aliphatic rings. The van der Waals surface area contributed by atoms with Gasteiger partial charge in [-0.3, -0.25) is 0 Å². The fourth-order valence-corrected chi connectivity index (χ4v) is 0.780. The lowest BCUT2D eigenvalue weighted by molar-refractivity contribution is -0.0461. The number of ether oxygens (including phenoxy) is 1. The molecular formula is C4H7F3O3S. The van der Waals surface area contributed by atoms with Gasteiger partial charge in [0.25, 0.3) is 9.84 Å². The molecule has 7 heteroatoms. The lowest BCUT2D eigenvalue weighted by Crippen LogP contribution is -2.27. The van der Waals surface area contributed by atoms with Gasteiger partial charge in [-0.2, -0.15) is 13.2 Å². The molecule has 0 bridgehead atoms. The minimum Gasteiger partial charge on any atom is -0.365 e. The lowest BCUT2D eigenvalue weighted by atomic mass is 10.9. The lowest BCUT2D eigenvalue weighted by Gasteiger charge is -2.06. The second-order valence-corrected chi connectivity index (χ2v) is 3.60. The van der Waals surface area contributed by atoms with Crippen LogP contribution in [0.5, 0.6) is 0 Å². The monoisotopic (exact) mass is 192 g/mol. The maximum atomic E-state index is 11.5. The van der Waals surface area contributed by atoms with Crippen LogP contribution in [-0.4, -0.2) is 26.5 Å². The van der Waals surface area contributed by atoms with Crippen LogP contribution in [0.15, 0.2) is 0 Å². The highest BCUT2D eigenvalue weighted by Gasteiger charge is 2.45. The van der Waals surface area contributed by atoms with Crippen LogP contribution in [0.4, 0.5) is 13.2 Å². The summed E-state index contributed by atoms with van der Waals surface area (Å²) in [5.74, 6) is -1.30. The molecule has 0 aliphatic carbocycles. The second kappa shape index (κ2) is 3.40. The van der Waals surface area contributed by atoms with Crippen LogP contribution in [0.25, 0.3) is 0 Å². The Morgan fingerprint density at radius 3 is 2.09 bits per heavy atom. The first kappa shape index (κ1) is 10.7. The molecular weight excluding hydrogens is 185 g/mol. The van der Waals surface area contributed by atoms with Crippen molar-refractivity contribution in [2.24, 2.45) is 0 Å². The zero-order valence-corrected chi connectivity index (χ0v) is 6.50. The first-order valence-corrected chi connectivity index (χ1v) is 4.33. The summed E-state index contributed by atoms with van der Waals surface area (Å²) < 4.78 is 58.9. The third kappa shape index (κ3) is 3.06. The second-order valence-electron chi connectivity index (χ2n) is 1.67. The smallest absolute Gasteiger partial charge is 0.365 e. The van der Waals surface area contributed by atoms with Gasteiger partial charge in [0, 0.05) is 6.61 Å². The maximum Gasteiger partial charge on any atom is 0.499 e. The van der Waals surface area contributed by atoms with Crippen molar-refractivity contribution < 1.29 is 26.3 Å². The van der Waals surface area contributed by atoms with E-state index in [0.717, 1.165) is 0 Å². The van der Waals surface area contributed by atoms with Crippen molar-refractivity contribution in [2.45, 2.75) is 12.4 Å². The average Bonchev–Trinajstić information content (AvgIpc) is 1.81. The van der Waals surface area contributed by atoms with E-state index in [0.29, 0.717) is 0 Å². The first-order chi connectivity index (χ1) is 4.81. The van der Waals surface area contributed by atoms with E-state index in [-0.39, 0.29) is 6.61 Å². The van der Waals surface area contributed by atoms with Gasteiger partial charge < -0.3 is 4.74 Å². The van der Waals surface area contributed by atoms with Crippen LogP contribution < -0.4 is 0 Å². The molecule has 0 rings (SSSR count). The predicted molar refractivity (Wildman–Crippen MR) is 31.5 cm³/mol.